The van der Waals surface area contributed by atoms with Crippen LogP contribution in [0.5, 0.6) is 0 Å². The first-order valence-corrected chi connectivity index (χ1v) is 25.2. The van der Waals surface area contributed by atoms with E-state index in [2.05, 4.69) is 131 Å². The second kappa shape index (κ2) is 15.5. The molecule has 0 radical (unpaired) electrons. The molecule has 4 aromatic heterocycles. The minimum absolute atomic E-state index is 0. The highest BCUT2D eigenvalue weighted by molar-refractivity contribution is 14.2. The number of halogens is 3. The first-order chi connectivity index (χ1) is 13.8. The lowest BCUT2D eigenvalue weighted by atomic mass is 10.7. The number of hydrogen-bond donors (Lipinski definition) is 0. The predicted octanol–water partition coefficient (Wildman–Crippen LogP) is 9.88. The minimum Gasteiger partial charge on any atom is -0.152 e. The Bertz CT molecular complexity index is 749. The highest BCUT2D eigenvalue weighted by Crippen LogP contribution is 2.43. The van der Waals surface area contributed by atoms with Gasteiger partial charge in [-0.25, -0.2) is 0 Å². The molecule has 0 bridgehead atoms. The summed E-state index contributed by atoms with van der Waals surface area (Å²) in [5.41, 5.74) is -0.747. The fourth-order valence-electron chi connectivity index (χ4n) is 1.77. The summed E-state index contributed by atoms with van der Waals surface area (Å²) in [6.07, 6.45) is 0. The Labute approximate surface area is 231 Å². The molecular weight excluding hydrogens is 748 g/mol. The molecule has 0 atom stereocenters. The Hall–Kier alpha value is 1.63. The van der Waals surface area contributed by atoms with Crippen LogP contribution in [0, 0.1) is 0 Å². The van der Waals surface area contributed by atoms with Crippen LogP contribution in [0.3, 0.4) is 0 Å². The molecular formula is C20H25ClI2P2S4Si. The van der Waals surface area contributed by atoms with E-state index in [4.69, 9.17) is 11.2 Å². The van der Waals surface area contributed by atoms with Crippen molar-refractivity contribution in [1.82, 2.24) is 0 Å². The van der Waals surface area contributed by atoms with E-state index in [1.165, 1.54) is 21.2 Å². The second-order valence-corrected chi connectivity index (χ2v) is 30.6. The maximum absolute atomic E-state index is 6.29. The lowest BCUT2D eigenvalue weighted by Crippen LogP contribution is -2.05. The van der Waals surface area contributed by atoms with Crippen LogP contribution in [0.1, 0.15) is 7.43 Å². The van der Waals surface area contributed by atoms with Crippen molar-refractivity contribution >= 4 is 140 Å². The van der Waals surface area contributed by atoms with Gasteiger partial charge in [0.15, 0.2) is 0 Å². The van der Waals surface area contributed by atoms with E-state index in [1.807, 2.05) is 0 Å². The van der Waals surface area contributed by atoms with Crippen LogP contribution in [0.4, 0.5) is 0 Å². The second-order valence-electron chi connectivity index (χ2n) is 6.55. The first-order valence-electron chi connectivity index (χ1n) is 8.45. The molecule has 10 heteroatoms. The monoisotopic (exact) mass is 772 g/mol. The van der Waals surface area contributed by atoms with Gasteiger partial charge in [0.05, 0.1) is 7.27 Å². The van der Waals surface area contributed by atoms with Gasteiger partial charge in [-0.3, -0.25) is 0 Å². The molecule has 0 unspecified atom stereocenters. The third-order valence-electron chi connectivity index (χ3n) is 2.93. The molecule has 0 fully saturated rings. The van der Waals surface area contributed by atoms with Crippen LogP contribution >= 0.6 is 113 Å². The van der Waals surface area contributed by atoms with Crippen molar-refractivity contribution in [3.05, 3.63) is 67.3 Å². The average Bonchev–Trinajstić information content (AvgIpc) is 3.48. The van der Waals surface area contributed by atoms with Crippen LogP contribution in [-0.2, 0) is 0 Å². The van der Waals surface area contributed by atoms with Crippen LogP contribution in [-0.4, -0.2) is 5.57 Å². The lowest BCUT2D eigenvalue weighted by molar-refractivity contribution is 1.90. The Morgan fingerprint density at radius 3 is 1.20 bits per heavy atom. The Morgan fingerprint density at radius 2 is 0.967 bits per heavy atom. The summed E-state index contributed by atoms with van der Waals surface area (Å²) >= 11 is 18.3. The van der Waals surface area contributed by atoms with E-state index in [0.29, 0.717) is 0 Å². The van der Waals surface area contributed by atoms with Crippen molar-refractivity contribution in [1.29, 1.82) is 0 Å². The Kier molecular flexibility index (Phi) is 15.3. The van der Waals surface area contributed by atoms with Gasteiger partial charge in [0.2, 0.25) is 0 Å². The van der Waals surface area contributed by atoms with Crippen LogP contribution < -0.4 is 21.2 Å². The number of hydrogen-bond acceptors (Lipinski definition) is 4. The summed E-state index contributed by atoms with van der Waals surface area (Å²) in [5, 5.41) is 22.6. The van der Waals surface area contributed by atoms with Crippen LogP contribution in [0.2, 0.25) is 19.6 Å². The molecule has 4 rings (SSSR count). The normalized spacial score (nSPS) is 10.7. The largest absolute Gasteiger partial charge is 0.152 e. The van der Waals surface area contributed by atoms with E-state index < -0.39 is 12.8 Å². The quantitative estimate of drug-likeness (QED) is 0.0839. The summed E-state index contributed by atoms with van der Waals surface area (Å²) in [7, 11) is -0.604. The molecule has 0 aliphatic rings. The zero-order chi connectivity index (χ0) is 21.3. The maximum atomic E-state index is 6.29. The molecule has 0 aliphatic heterocycles. The highest BCUT2D eigenvalue weighted by Gasteiger charge is 2.11. The van der Waals surface area contributed by atoms with Crippen molar-refractivity contribution in [3.63, 3.8) is 0 Å². The number of rotatable bonds is 4. The van der Waals surface area contributed by atoms with Gasteiger partial charge in [0.25, 0.3) is 0 Å². The maximum Gasteiger partial charge on any atom is 0.116 e. The summed E-state index contributed by atoms with van der Waals surface area (Å²) in [6.45, 7) is 6.94. The molecule has 4 heterocycles. The van der Waals surface area contributed by atoms with Gasteiger partial charge in [0.1, 0.15) is 5.57 Å². The van der Waals surface area contributed by atoms with Crippen molar-refractivity contribution in [2.45, 2.75) is 27.1 Å². The molecule has 164 valence electrons. The van der Waals surface area contributed by atoms with Gasteiger partial charge >= 0.3 is 0 Å². The highest BCUT2D eigenvalue weighted by atomic mass is 127. The van der Waals surface area contributed by atoms with Gasteiger partial charge in [-0.1, -0.05) is 38.3 Å². The van der Waals surface area contributed by atoms with Crippen LogP contribution in [0.15, 0.2) is 67.3 Å². The van der Waals surface area contributed by atoms with Gasteiger partial charge < -0.3 is 0 Å². The van der Waals surface area contributed by atoms with Crippen molar-refractivity contribution in [2.24, 2.45) is 0 Å². The fraction of sp³-hybridized carbons (Fsp3) is 0.200. The Balaban J connectivity index is 0.000000241. The zero-order valence-corrected chi connectivity index (χ0v) is 27.2. The molecule has 0 aliphatic carbocycles. The van der Waals surface area contributed by atoms with E-state index in [0.717, 1.165) is 0 Å². The summed E-state index contributed by atoms with van der Waals surface area (Å²) < 4.78 is 0. The van der Waals surface area contributed by atoms with E-state index in [1.54, 1.807) is 45.3 Å². The van der Waals surface area contributed by atoms with Crippen LogP contribution in [0.25, 0.3) is 0 Å². The predicted molar refractivity (Wildman–Crippen MR) is 174 cm³/mol. The third-order valence-corrected chi connectivity index (χ3v) is 13.8. The van der Waals surface area contributed by atoms with Crippen molar-refractivity contribution in [3.8, 4) is 0 Å². The summed E-state index contributed by atoms with van der Waals surface area (Å²) in [5.74, 6) is 0. The van der Waals surface area contributed by atoms with Gasteiger partial charge in [0, 0.05) is 26.8 Å². The standard InChI is InChI=1S/C8H6ClPS2.C8H6IPS2.C3H9ISi.CH4/c2*9-10(7-1-3-11-5-7)8-2-4-12-6-8;1-5(2,3)4;/h2*1-6H;1-3H3;1H4. The van der Waals surface area contributed by atoms with Gasteiger partial charge in [-0.15, -0.1) is 21.8 Å². The molecule has 0 spiro atoms. The molecule has 0 N–H and O–H groups in total. The fourth-order valence-corrected chi connectivity index (χ4v) is 12.0. The van der Waals surface area contributed by atoms with E-state index >= 15 is 0 Å². The molecule has 0 nitrogen and oxygen atoms in total. The molecule has 0 aromatic carbocycles. The average molecular weight is 773 g/mol. The minimum atomic E-state index is -0.641. The lowest BCUT2D eigenvalue weighted by Gasteiger charge is -2.03. The van der Waals surface area contributed by atoms with Gasteiger partial charge in [-0.2, -0.15) is 45.3 Å². The van der Waals surface area contributed by atoms with E-state index in [9.17, 15) is 0 Å². The topological polar surface area (TPSA) is 0 Å². The molecule has 0 saturated carbocycles. The molecule has 0 amide bonds. The SMILES string of the molecule is C.C[Si](C)(C)I.ClP(c1ccsc1)c1ccsc1.IP(c1ccsc1)c1ccsc1. The van der Waals surface area contributed by atoms with E-state index in [-0.39, 0.29) is 13.0 Å². The molecule has 0 saturated heterocycles. The first kappa shape index (κ1) is 29.7. The molecule has 30 heavy (non-hydrogen) atoms. The summed E-state index contributed by atoms with van der Waals surface area (Å²) in [4.78, 5) is 0. The zero-order valence-electron chi connectivity index (χ0n) is 16.1. The van der Waals surface area contributed by atoms with Gasteiger partial charge in [-0.05, 0) is 89.3 Å². The third kappa shape index (κ3) is 11.7. The van der Waals surface area contributed by atoms with Crippen molar-refractivity contribution in [2.75, 3.05) is 0 Å². The molecule has 4 aromatic rings. The van der Waals surface area contributed by atoms with Crippen molar-refractivity contribution < 1.29 is 0 Å². The smallest absolute Gasteiger partial charge is 0.116 e. The summed E-state index contributed by atoms with van der Waals surface area (Å²) in [6, 6.07) is 8.64. The Morgan fingerprint density at radius 1 is 0.700 bits per heavy atom. The number of thiophene rings is 4.